The minimum atomic E-state index is 0.215. The van der Waals surface area contributed by atoms with Gasteiger partial charge in [-0.2, -0.15) is 0 Å². The molecule has 0 aliphatic heterocycles. The molecule has 0 unspecified atom stereocenters. The Bertz CT molecular complexity index is 389. The van der Waals surface area contributed by atoms with Crippen LogP contribution < -0.4 is 5.73 Å². The van der Waals surface area contributed by atoms with Crippen molar-refractivity contribution in [3.8, 4) is 5.75 Å². The number of rotatable bonds is 2. The lowest BCUT2D eigenvalue weighted by atomic mass is 10.0. The van der Waals surface area contributed by atoms with Crippen LogP contribution in [0.4, 0.5) is 0 Å². The molecule has 0 aromatic heterocycles. The van der Waals surface area contributed by atoms with Crippen LogP contribution in [0.15, 0.2) is 22.7 Å². The Hall–Kier alpha value is -0.540. The molecule has 1 aromatic rings. The van der Waals surface area contributed by atoms with Gasteiger partial charge in [-0.15, -0.1) is 0 Å². The van der Waals surface area contributed by atoms with E-state index in [0.717, 1.165) is 10.0 Å². The Morgan fingerprint density at radius 1 is 1.47 bits per heavy atom. The van der Waals surface area contributed by atoms with E-state index in [0.29, 0.717) is 24.1 Å². The van der Waals surface area contributed by atoms with E-state index < -0.39 is 0 Å². The number of halogens is 1. The minimum Gasteiger partial charge on any atom is -0.508 e. The van der Waals surface area contributed by atoms with Crippen LogP contribution in [0.1, 0.15) is 25.3 Å². The molecule has 0 heterocycles. The Morgan fingerprint density at radius 2 is 2.13 bits per heavy atom. The molecule has 0 radical (unpaired) electrons. The molecule has 3 N–H and O–H groups in total. The number of aromatic hydroxyl groups is 1. The summed E-state index contributed by atoms with van der Waals surface area (Å²) in [6.45, 7) is 5.09. The van der Waals surface area contributed by atoms with Crippen molar-refractivity contribution in [2.75, 3.05) is 6.54 Å². The first kappa shape index (κ1) is 11.0. The predicted octanol–water partition coefficient (Wildman–Crippen LogP) is 2.85. The third-order valence-electron chi connectivity index (χ3n) is 3.63. The molecule has 1 saturated carbocycles. The van der Waals surface area contributed by atoms with Crippen LogP contribution in [0.2, 0.25) is 0 Å². The van der Waals surface area contributed by atoms with Gasteiger partial charge in [0, 0.05) is 4.47 Å². The zero-order valence-electron chi connectivity index (χ0n) is 9.00. The molecule has 2 rings (SSSR count). The molecule has 0 spiro atoms. The third-order valence-corrected chi connectivity index (χ3v) is 4.12. The first-order chi connectivity index (χ1) is 6.98. The van der Waals surface area contributed by atoms with Crippen LogP contribution in [0, 0.1) is 11.3 Å². The second-order valence-corrected chi connectivity index (χ2v) is 5.76. The molecular weight excluding hydrogens is 254 g/mol. The smallest absolute Gasteiger partial charge is 0.119 e. The van der Waals surface area contributed by atoms with Crippen molar-refractivity contribution < 1.29 is 5.11 Å². The number of hydrogen-bond donors (Lipinski definition) is 2. The molecule has 0 bridgehead atoms. The lowest BCUT2D eigenvalue weighted by molar-refractivity contribution is 0.464. The SMILES string of the molecule is CC1(C)[C@H](CN)[C@H]1c1cc(Br)ccc1O. The van der Waals surface area contributed by atoms with Crippen LogP contribution in [-0.2, 0) is 0 Å². The summed E-state index contributed by atoms with van der Waals surface area (Å²) in [6, 6.07) is 5.59. The highest BCUT2D eigenvalue weighted by molar-refractivity contribution is 9.10. The van der Waals surface area contributed by atoms with Gasteiger partial charge < -0.3 is 10.8 Å². The molecule has 82 valence electrons. The highest BCUT2D eigenvalue weighted by Crippen LogP contribution is 2.65. The summed E-state index contributed by atoms with van der Waals surface area (Å²) < 4.78 is 1.01. The minimum absolute atomic E-state index is 0.215. The van der Waals surface area contributed by atoms with E-state index in [9.17, 15) is 5.11 Å². The van der Waals surface area contributed by atoms with Gasteiger partial charge in [-0.25, -0.2) is 0 Å². The van der Waals surface area contributed by atoms with Crippen LogP contribution in [-0.4, -0.2) is 11.7 Å². The highest BCUT2D eigenvalue weighted by atomic mass is 79.9. The molecular formula is C12H16BrNO. The van der Waals surface area contributed by atoms with Crippen LogP contribution in [0.5, 0.6) is 5.75 Å². The van der Waals surface area contributed by atoms with Gasteiger partial charge in [0.15, 0.2) is 0 Å². The van der Waals surface area contributed by atoms with Gasteiger partial charge in [-0.3, -0.25) is 0 Å². The van der Waals surface area contributed by atoms with Crippen molar-refractivity contribution in [3.05, 3.63) is 28.2 Å². The van der Waals surface area contributed by atoms with Crippen LogP contribution in [0.3, 0.4) is 0 Å². The quantitative estimate of drug-likeness (QED) is 0.868. The number of nitrogens with two attached hydrogens (primary N) is 1. The van der Waals surface area contributed by atoms with Crippen molar-refractivity contribution in [3.63, 3.8) is 0 Å². The first-order valence-electron chi connectivity index (χ1n) is 5.17. The molecule has 2 atom stereocenters. The number of phenolic OH excluding ortho intramolecular Hbond substituents is 1. The van der Waals surface area contributed by atoms with E-state index in [1.165, 1.54) is 0 Å². The average Bonchev–Trinajstić information content (AvgIpc) is 2.72. The number of phenols is 1. The van der Waals surface area contributed by atoms with Crippen LogP contribution >= 0.6 is 15.9 Å². The number of benzene rings is 1. The van der Waals surface area contributed by atoms with Gasteiger partial charge >= 0.3 is 0 Å². The zero-order chi connectivity index (χ0) is 11.2. The van der Waals surface area contributed by atoms with Crippen molar-refractivity contribution in [1.82, 2.24) is 0 Å². The van der Waals surface area contributed by atoms with Crippen molar-refractivity contribution in [2.24, 2.45) is 17.1 Å². The summed E-state index contributed by atoms with van der Waals surface area (Å²) >= 11 is 3.43. The maximum absolute atomic E-state index is 9.83. The normalized spacial score (nSPS) is 27.7. The molecule has 15 heavy (non-hydrogen) atoms. The molecule has 2 nitrogen and oxygen atoms in total. The average molecular weight is 270 g/mol. The second kappa shape index (κ2) is 3.49. The monoisotopic (exact) mass is 269 g/mol. The van der Waals surface area contributed by atoms with E-state index >= 15 is 0 Å². The lowest BCUT2D eigenvalue weighted by Gasteiger charge is -2.06. The Labute approximate surface area is 98.6 Å². The summed E-state index contributed by atoms with van der Waals surface area (Å²) in [7, 11) is 0. The highest BCUT2D eigenvalue weighted by Gasteiger charge is 2.57. The summed E-state index contributed by atoms with van der Waals surface area (Å²) in [6.07, 6.45) is 0. The third kappa shape index (κ3) is 1.68. The van der Waals surface area contributed by atoms with Gasteiger partial charge in [0.2, 0.25) is 0 Å². The summed E-state index contributed by atoms with van der Waals surface area (Å²) in [5, 5.41) is 9.83. The van der Waals surface area contributed by atoms with E-state index in [4.69, 9.17) is 5.73 Å². The molecule has 0 amide bonds. The van der Waals surface area contributed by atoms with E-state index in [2.05, 4.69) is 29.8 Å². The van der Waals surface area contributed by atoms with Crippen LogP contribution in [0.25, 0.3) is 0 Å². The summed E-state index contributed by atoms with van der Waals surface area (Å²) in [4.78, 5) is 0. The fraction of sp³-hybridized carbons (Fsp3) is 0.500. The molecule has 3 heteroatoms. The maximum atomic E-state index is 9.83. The molecule has 1 aromatic carbocycles. The van der Waals surface area contributed by atoms with E-state index in [1.807, 2.05) is 12.1 Å². The molecule has 1 aliphatic carbocycles. The molecule has 1 fully saturated rings. The first-order valence-corrected chi connectivity index (χ1v) is 5.96. The van der Waals surface area contributed by atoms with Gasteiger partial charge in [0.25, 0.3) is 0 Å². The van der Waals surface area contributed by atoms with Gasteiger partial charge in [0.1, 0.15) is 5.75 Å². The van der Waals surface area contributed by atoms with Crippen molar-refractivity contribution in [2.45, 2.75) is 19.8 Å². The van der Waals surface area contributed by atoms with Gasteiger partial charge in [-0.1, -0.05) is 29.8 Å². The van der Waals surface area contributed by atoms with Crippen molar-refractivity contribution in [1.29, 1.82) is 0 Å². The van der Waals surface area contributed by atoms with Gasteiger partial charge in [0.05, 0.1) is 0 Å². The lowest BCUT2D eigenvalue weighted by Crippen LogP contribution is -2.05. The maximum Gasteiger partial charge on any atom is 0.119 e. The topological polar surface area (TPSA) is 46.2 Å². The molecule has 0 saturated heterocycles. The fourth-order valence-corrected chi connectivity index (χ4v) is 2.95. The van der Waals surface area contributed by atoms with E-state index in [-0.39, 0.29) is 5.41 Å². The predicted molar refractivity (Wildman–Crippen MR) is 64.9 cm³/mol. The zero-order valence-corrected chi connectivity index (χ0v) is 10.6. The largest absolute Gasteiger partial charge is 0.508 e. The Balaban J connectivity index is 2.36. The second-order valence-electron chi connectivity index (χ2n) is 4.84. The van der Waals surface area contributed by atoms with Crippen molar-refractivity contribution >= 4 is 15.9 Å². The number of hydrogen-bond acceptors (Lipinski definition) is 2. The Kier molecular flexibility index (Phi) is 2.55. The fourth-order valence-electron chi connectivity index (χ4n) is 2.58. The summed E-state index contributed by atoms with van der Waals surface area (Å²) in [5.41, 5.74) is 6.97. The standard InChI is InChI=1S/C12H16BrNO/c1-12(2)9(6-14)11(12)8-5-7(13)3-4-10(8)15/h3-5,9,11,15H,6,14H2,1-2H3/t9-,11-/m1/s1. The Morgan fingerprint density at radius 3 is 2.67 bits per heavy atom. The summed E-state index contributed by atoms with van der Waals surface area (Å²) in [5.74, 6) is 1.25. The van der Waals surface area contributed by atoms with E-state index in [1.54, 1.807) is 6.07 Å². The van der Waals surface area contributed by atoms with Gasteiger partial charge in [-0.05, 0) is 47.6 Å². The molecule has 1 aliphatic rings.